The summed E-state index contributed by atoms with van der Waals surface area (Å²) in [6, 6.07) is 18.0. The van der Waals surface area contributed by atoms with E-state index in [2.05, 4.69) is 39.5 Å². The lowest BCUT2D eigenvalue weighted by Crippen LogP contribution is -2.49. The van der Waals surface area contributed by atoms with Crippen LogP contribution in [0.5, 0.6) is 0 Å². The quantitative estimate of drug-likeness (QED) is 0.721. The van der Waals surface area contributed by atoms with Crippen LogP contribution in [-0.4, -0.2) is 47.0 Å². The fourth-order valence-corrected chi connectivity index (χ4v) is 3.48. The van der Waals surface area contributed by atoms with Gasteiger partial charge in [-0.1, -0.05) is 36.4 Å². The van der Waals surface area contributed by atoms with Crippen molar-refractivity contribution in [3.63, 3.8) is 0 Å². The predicted octanol–water partition coefficient (Wildman–Crippen LogP) is 4.31. The van der Waals surface area contributed by atoms with Crippen molar-refractivity contribution in [1.82, 2.24) is 14.8 Å². The van der Waals surface area contributed by atoms with E-state index in [9.17, 15) is 4.79 Å². The SMILES string of the molecule is Cc1nc(-c2cccc(NC(=O)N3CCN(Cc4ccccc4)CC3)c2)oc1C. The number of aromatic nitrogens is 1. The van der Waals surface area contributed by atoms with Crippen LogP contribution in [0, 0.1) is 13.8 Å². The van der Waals surface area contributed by atoms with Gasteiger partial charge >= 0.3 is 6.03 Å². The predicted molar refractivity (Wildman–Crippen MR) is 114 cm³/mol. The van der Waals surface area contributed by atoms with Crippen molar-refractivity contribution in [3.05, 3.63) is 71.6 Å². The van der Waals surface area contributed by atoms with Crippen molar-refractivity contribution in [1.29, 1.82) is 0 Å². The number of oxazole rings is 1. The molecule has 1 aliphatic rings. The van der Waals surface area contributed by atoms with Crippen LogP contribution in [0.2, 0.25) is 0 Å². The molecule has 2 aromatic carbocycles. The van der Waals surface area contributed by atoms with Gasteiger partial charge in [0.15, 0.2) is 0 Å². The molecule has 0 saturated carbocycles. The molecule has 3 aromatic rings. The zero-order valence-corrected chi connectivity index (χ0v) is 16.9. The summed E-state index contributed by atoms with van der Waals surface area (Å²) in [5.74, 6) is 1.38. The molecule has 150 valence electrons. The van der Waals surface area contributed by atoms with Gasteiger partial charge in [0.1, 0.15) is 5.76 Å². The van der Waals surface area contributed by atoms with E-state index in [0.717, 1.165) is 55.4 Å². The molecule has 6 nitrogen and oxygen atoms in total. The van der Waals surface area contributed by atoms with Crippen LogP contribution in [0.1, 0.15) is 17.0 Å². The highest BCUT2D eigenvalue weighted by molar-refractivity contribution is 5.90. The van der Waals surface area contributed by atoms with Crippen LogP contribution in [0.15, 0.2) is 59.0 Å². The van der Waals surface area contributed by atoms with E-state index >= 15 is 0 Å². The largest absolute Gasteiger partial charge is 0.441 e. The van der Waals surface area contributed by atoms with Crippen molar-refractivity contribution in [2.45, 2.75) is 20.4 Å². The number of urea groups is 1. The Labute approximate surface area is 171 Å². The lowest BCUT2D eigenvalue weighted by molar-refractivity contribution is 0.143. The number of benzene rings is 2. The Morgan fingerprint density at radius 2 is 1.79 bits per heavy atom. The maximum absolute atomic E-state index is 12.7. The van der Waals surface area contributed by atoms with Gasteiger partial charge in [0.25, 0.3) is 0 Å². The minimum Gasteiger partial charge on any atom is -0.441 e. The first-order valence-corrected chi connectivity index (χ1v) is 9.95. The van der Waals surface area contributed by atoms with Gasteiger partial charge in [-0.3, -0.25) is 4.90 Å². The Morgan fingerprint density at radius 1 is 1.03 bits per heavy atom. The number of anilines is 1. The van der Waals surface area contributed by atoms with Gasteiger partial charge in [0.2, 0.25) is 5.89 Å². The van der Waals surface area contributed by atoms with E-state index < -0.39 is 0 Å². The van der Waals surface area contributed by atoms with Crippen LogP contribution < -0.4 is 5.32 Å². The molecule has 6 heteroatoms. The zero-order chi connectivity index (χ0) is 20.2. The fraction of sp³-hybridized carbons (Fsp3) is 0.304. The molecule has 2 amide bonds. The zero-order valence-electron chi connectivity index (χ0n) is 16.9. The number of carbonyl (C=O) groups is 1. The lowest BCUT2D eigenvalue weighted by atomic mass is 10.2. The van der Waals surface area contributed by atoms with Crippen molar-refractivity contribution in [2.75, 3.05) is 31.5 Å². The fourth-order valence-electron chi connectivity index (χ4n) is 3.48. The smallest absolute Gasteiger partial charge is 0.321 e. The molecule has 0 aliphatic carbocycles. The average molecular weight is 390 g/mol. The van der Waals surface area contributed by atoms with Crippen molar-refractivity contribution < 1.29 is 9.21 Å². The molecule has 29 heavy (non-hydrogen) atoms. The van der Waals surface area contributed by atoms with Gasteiger partial charge in [0.05, 0.1) is 5.69 Å². The third kappa shape index (κ3) is 4.66. The molecule has 1 aliphatic heterocycles. The van der Waals surface area contributed by atoms with Crippen molar-refractivity contribution in [2.24, 2.45) is 0 Å². The van der Waals surface area contributed by atoms with Crippen LogP contribution in [-0.2, 0) is 6.54 Å². The second-order valence-electron chi connectivity index (χ2n) is 7.42. The first-order chi connectivity index (χ1) is 14.1. The van der Waals surface area contributed by atoms with E-state index in [1.807, 2.05) is 49.1 Å². The van der Waals surface area contributed by atoms with Crippen LogP contribution in [0.25, 0.3) is 11.5 Å². The molecule has 1 aromatic heterocycles. The molecule has 2 heterocycles. The van der Waals surface area contributed by atoms with E-state index in [4.69, 9.17) is 4.42 Å². The van der Waals surface area contributed by atoms with E-state index in [1.165, 1.54) is 5.56 Å². The van der Waals surface area contributed by atoms with E-state index in [1.54, 1.807) is 0 Å². The van der Waals surface area contributed by atoms with Crippen LogP contribution in [0.4, 0.5) is 10.5 Å². The second-order valence-corrected chi connectivity index (χ2v) is 7.42. The molecule has 1 fully saturated rings. The van der Waals surface area contributed by atoms with Gasteiger partial charge in [-0.05, 0) is 37.6 Å². The number of carbonyl (C=O) groups excluding carboxylic acids is 1. The minimum absolute atomic E-state index is 0.0683. The summed E-state index contributed by atoms with van der Waals surface area (Å²) in [6.07, 6.45) is 0. The number of hydrogen-bond donors (Lipinski definition) is 1. The first kappa shape index (κ1) is 19.2. The van der Waals surface area contributed by atoms with Crippen molar-refractivity contribution in [3.8, 4) is 11.5 Å². The topological polar surface area (TPSA) is 61.6 Å². The minimum atomic E-state index is -0.0683. The Morgan fingerprint density at radius 3 is 2.48 bits per heavy atom. The third-order valence-corrected chi connectivity index (χ3v) is 5.30. The number of nitrogens with one attached hydrogen (secondary N) is 1. The van der Waals surface area contributed by atoms with Crippen molar-refractivity contribution >= 4 is 11.7 Å². The van der Waals surface area contributed by atoms with E-state index in [0.29, 0.717) is 5.89 Å². The molecule has 1 N–H and O–H groups in total. The standard InChI is InChI=1S/C23H26N4O2/c1-17-18(2)29-22(24-17)20-9-6-10-21(15-20)25-23(28)27-13-11-26(12-14-27)16-19-7-4-3-5-8-19/h3-10,15H,11-14,16H2,1-2H3,(H,25,28). The van der Waals surface area contributed by atoms with Gasteiger partial charge in [0, 0.05) is 44.0 Å². The summed E-state index contributed by atoms with van der Waals surface area (Å²) in [7, 11) is 0. The molecule has 4 rings (SSSR count). The highest BCUT2D eigenvalue weighted by Crippen LogP contribution is 2.24. The molecule has 1 saturated heterocycles. The maximum Gasteiger partial charge on any atom is 0.321 e. The van der Waals surface area contributed by atoms with Gasteiger partial charge < -0.3 is 14.6 Å². The summed E-state index contributed by atoms with van der Waals surface area (Å²) in [5, 5.41) is 3.01. The lowest BCUT2D eigenvalue weighted by Gasteiger charge is -2.34. The first-order valence-electron chi connectivity index (χ1n) is 9.95. The highest BCUT2D eigenvalue weighted by Gasteiger charge is 2.21. The molecule has 0 atom stereocenters. The average Bonchev–Trinajstić information content (AvgIpc) is 3.08. The van der Waals surface area contributed by atoms with Crippen LogP contribution in [0.3, 0.4) is 0 Å². The van der Waals surface area contributed by atoms with Gasteiger partial charge in [-0.15, -0.1) is 0 Å². The number of nitrogens with zero attached hydrogens (tertiary/aromatic N) is 3. The molecule has 0 radical (unpaired) electrons. The monoisotopic (exact) mass is 390 g/mol. The molecular formula is C23H26N4O2. The van der Waals surface area contributed by atoms with Gasteiger partial charge in [-0.2, -0.15) is 0 Å². The number of hydrogen-bond acceptors (Lipinski definition) is 4. The summed E-state index contributed by atoms with van der Waals surface area (Å²) in [4.78, 5) is 21.4. The molecular weight excluding hydrogens is 364 g/mol. The Kier molecular flexibility index (Phi) is 5.62. The Balaban J connectivity index is 1.34. The summed E-state index contributed by atoms with van der Waals surface area (Å²) in [5.41, 5.74) is 3.78. The summed E-state index contributed by atoms with van der Waals surface area (Å²) >= 11 is 0. The highest BCUT2D eigenvalue weighted by atomic mass is 16.4. The van der Waals surface area contributed by atoms with Crippen LogP contribution >= 0.6 is 0 Å². The van der Waals surface area contributed by atoms with Gasteiger partial charge in [-0.25, -0.2) is 9.78 Å². The molecule has 0 bridgehead atoms. The Bertz CT molecular complexity index is 956. The number of piperazine rings is 1. The Hall–Kier alpha value is -3.12. The molecule has 0 unspecified atom stereocenters. The number of aryl methyl sites for hydroxylation is 2. The van der Waals surface area contributed by atoms with E-state index in [-0.39, 0.29) is 6.03 Å². The maximum atomic E-state index is 12.7. The number of amides is 2. The third-order valence-electron chi connectivity index (χ3n) is 5.30. The second kappa shape index (κ2) is 8.49. The summed E-state index contributed by atoms with van der Waals surface area (Å²) < 4.78 is 5.70. The number of rotatable bonds is 4. The normalized spacial score (nSPS) is 14.8. The molecule has 0 spiro atoms. The summed E-state index contributed by atoms with van der Waals surface area (Å²) in [6.45, 7) is 7.93.